The van der Waals surface area contributed by atoms with Crippen LogP contribution in [0.3, 0.4) is 0 Å². The van der Waals surface area contributed by atoms with Gasteiger partial charge >= 0.3 is 0 Å². The Hall–Kier alpha value is -3.94. The van der Waals surface area contributed by atoms with E-state index in [1.54, 1.807) is 54.6 Å². The van der Waals surface area contributed by atoms with Gasteiger partial charge in [-0.15, -0.1) is 0 Å². The number of halogens is 1. The summed E-state index contributed by atoms with van der Waals surface area (Å²) in [4.78, 5) is 0.178. The molecule has 0 atom stereocenters. The number of nitrogens with two attached hydrogens (primary N) is 1. The molecule has 0 radical (unpaired) electrons. The van der Waals surface area contributed by atoms with Gasteiger partial charge in [0, 0.05) is 29.3 Å². The fraction of sp³-hybridized carbons (Fsp3) is 0.161. The Morgan fingerprint density at radius 1 is 0.895 bits per heavy atom. The molecule has 0 aliphatic rings. The Morgan fingerprint density at radius 2 is 1.63 bits per heavy atom. The summed E-state index contributed by atoms with van der Waals surface area (Å²) >= 11 is 0. The highest BCUT2D eigenvalue weighted by Crippen LogP contribution is 2.35. The van der Waals surface area contributed by atoms with Gasteiger partial charge in [0.25, 0.3) is 10.0 Å². The van der Waals surface area contributed by atoms with Gasteiger partial charge in [-0.1, -0.05) is 61.0 Å². The van der Waals surface area contributed by atoms with Crippen molar-refractivity contribution in [1.82, 2.24) is 3.97 Å². The Kier molecular flexibility index (Phi) is 7.06. The molecule has 0 saturated carbocycles. The van der Waals surface area contributed by atoms with Gasteiger partial charge in [-0.2, -0.15) is 0 Å². The molecule has 0 spiro atoms. The fourth-order valence-corrected chi connectivity index (χ4v) is 6.00. The van der Waals surface area contributed by atoms with Crippen LogP contribution in [0.5, 0.6) is 5.75 Å². The molecule has 4 aromatic carbocycles. The first-order valence-electron chi connectivity index (χ1n) is 12.5. The molecule has 1 aromatic heterocycles. The zero-order chi connectivity index (χ0) is 26.9. The molecule has 5 aromatic rings. The van der Waals surface area contributed by atoms with Crippen molar-refractivity contribution in [2.45, 2.75) is 38.3 Å². The number of hydrogen-bond donors (Lipinski definition) is 1. The predicted octanol–water partition coefficient (Wildman–Crippen LogP) is 6.59. The molecule has 7 heteroatoms. The Morgan fingerprint density at radius 3 is 2.37 bits per heavy atom. The van der Waals surface area contributed by atoms with Gasteiger partial charge in [0.15, 0.2) is 0 Å². The molecule has 5 rings (SSSR count). The average Bonchev–Trinajstić information content (AvgIpc) is 3.37. The Balaban J connectivity index is 1.68. The molecule has 0 aliphatic heterocycles. The molecule has 0 bridgehead atoms. The van der Waals surface area contributed by atoms with E-state index in [4.69, 9.17) is 10.5 Å². The van der Waals surface area contributed by atoms with Crippen LogP contribution in [-0.2, 0) is 29.6 Å². The van der Waals surface area contributed by atoms with Gasteiger partial charge in [-0.05, 0) is 66.4 Å². The van der Waals surface area contributed by atoms with Crippen LogP contribution in [0.4, 0.5) is 4.39 Å². The van der Waals surface area contributed by atoms with Crippen molar-refractivity contribution in [2.24, 2.45) is 5.73 Å². The van der Waals surface area contributed by atoms with Gasteiger partial charge < -0.3 is 10.5 Å². The minimum Gasteiger partial charge on any atom is -0.489 e. The fourth-order valence-electron chi connectivity index (χ4n) is 4.66. The standard InChI is InChI=1S/C31H29FN2O3S/c1-3-23-7-4-5-10-30(23)37-20-22-17-28(27-9-6-8-24(19-33)31(27)32)26-15-16-34(29(26)18-22)38(35,36)25-13-11-21(2)12-14-25/h4-18H,3,19-20,33H2,1-2H3. The number of rotatable bonds is 8. The molecule has 38 heavy (non-hydrogen) atoms. The number of aryl methyl sites for hydroxylation is 2. The first-order chi connectivity index (χ1) is 18.3. The van der Waals surface area contributed by atoms with Crippen LogP contribution < -0.4 is 10.5 Å². The van der Waals surface area contributed by atoms with Crippen LogP contribution >= 0.6 is 0 Å². The third-order valence-electron chi connectivity index (χ3n) is 6.75. The van der Waals surface area contributed by atoms with Crippen molar-refractivity contribution in [2.75, 3.05) is 0 Å². The molecule has 2 N–H and O–H groups in total. The van der Waals surface area contributed by atoms with E-state index in [1.807, 2.05) is 37.3 Å². The van der Waals surface area contributed by atoms with Gasteiger partial charge in [0.2, 0.25) is 0 Å². The molecule has 0 aliphatic carbocycles. The molecule has 0 saturated heterocycles. The van der Waals surface area contributed by atoms with E-state index in [1.165, 1.54) is 10.2 Å². The van der Waals surface area contributed by atoms with E-state index in [2.05, 4.69) is 6.92 Å². The number of para-hydroxylation sites is 1. The number of hydrogen-bond acceptors (Lipinski definition) is 4. The molecule has 5 nitrogen and oxygen atoms in total. The SMILES string of the molecule is CCc1ccccc1OCc1cc(-c2cccc(CN)c2F)c2ccn(S(=O)(=O)c3ccc(C)cc3)c2c1. The molecule has 194 valence electrons. The summed E-state index contributed by atoms with van der Waals surface area (Å²) in [5, 5.41) is 0.617. The monoisotopic (exact) mass is 528 g/mol. The molecule has 0 fully saturated rings. The van der Waals surface area contributed by atoms with Gasteiger partial charge in [-0.3, -0.25) is 0 Å². The van der Waals surface area contributed by atoms with Crippen molar-refractivity contribution >= 4 is 20.9 Å². The lowest BCUT2D eigenvalue weighted by molar-refractivity contribution is 0.303. The van der Waals surface area contributed by atoms with Crippen LogP contribution in [-0.4, -0.2) is 12.4 Å². The van der Waals surface area contributed by atoms with Gasteiger partial charge in [-0.25, -0.2) is 16.8 Å². The lowest BCUT2D eigenvalue weighted by Gasteiger charge is -2.15. The second-order valence-electron chi connectivity index (χ2n) is 9.24. The van der Waals surface area contributed by atoms with E-state index in [9.17, 15) is 8.42 Å². The van der Waals surface area contributed by atoms with E-state index in [0.717, 1.165) is 28.9 Å². The highest BCUT2D eigenvalue weighted by Gasteiger charge is 2.22. The third-order valence-corrected chi connectivity index (χ3v) is 8.45. The van der Waals surface area contributed by atoms with Gasteiger partial charge in [0.1, 0.15) is 18.2 Å². The maximum absolute atomic E-state index is 15.5. The summed E-state index contributed by atoms with van der Waals surface area (Å²) in [7, 11) is -3.89. The highest BCUT2D eigenvalue weighted by atomic mass is 32.2. The number of ether oxygens (including phenoxy) is 1. The lowest BCUT2D eigenvalue weighted by atomic mass is 9.97. The summed E-state index contributed by atoms with van der Waals surface area (Å²) in [5.41, 5.74) is 10.3. The molecule has 1 heterocycles. The van der Waals surface area contributed by atoms with Gasteiger partial charge in [0.05, 0.1) is 10.4 Å². The largest absolute Gasteiger partial charge is 0.489 e. The maximum Gasteiger partial charge on any atom is 0.268 e. The van der Waals surface area contributed by atoms with Crippen molar-refractivity contribution in [3.8, 4) is 16.9 Å². The number of benzene rings is 4. The van der Waals surface area contributed by atoms with Crippen LogP contribution in [0, 0.1) is 12.7 Å². The normalized spacial score (nSPS) is 11.7. The zero-order valence-corrected chi connectivity index (χ0v) is 22.1. The highest BCUT2D eigenvalue weighted by molar-refractivity contribution is 7.90. The topological polar surface area (TPSA) is 74.3 Å². The smallest absolute Gasteiger partial charge is 0.268 e. The lowest BCUT2D eigenvalue weighted by Crippen LogP contribution is -2.12. The Labute approximate surface area is 222 Å². The minimum absolute atomic E-state index is 0.0578. The van der Waals surface area contributed by atoms with Crippen LogP contribution in [0.2, 0.25) is 0 Å². The van der Waals surface area contributed by atoms with Crippen molar-refractivity contribution in [3.05, 3.63) is 119 Å². The van der Waals surface area contributed by atoms with E-state index in [0.29, 0.717) is 27.6 Å². The van der Waals surface area contributed by atoms with Crippen molar-refractivity contribution < 1.29 is 17.5 Å². The Bertz CT molecular complexity index is 1720. The van der Waals surface area contributed by atoms with Crippen LogP contribution in [0.15, 0.2) is 96.0 Å². The molecular weight excluding hydrogens is 499 g/mol. The van der Waals surface area contributed by atoms with E-state index < -0.39 is 15.8 Å². The number of aromatic nitrogens is 1. The average molecular weight is 529 g/mol. The molecule has 0 amide bonds. The maximum atomic E-state index is 15.5. The first-order valence-corrected chi connectivity index (χ1v) is 13.9. The number of nitrogens with zero attached hydrogens (tertiary/aromatic N) is 1. The van der Waals surface area contributed by atoms with Crippen LogP contribution in [0.25, 0.3) is 22.0 Å². The first kappa shape index (κ1) is 25.7. The minimum atomic E-state index is -3.89. The predicted molar refractivity (Wildman–Crippen MR) is 149 cm³/mol. The summed E-state index contributed by atoms with van der Waals surface area (Å²) in [6.45, 7) is 4.21. The quantitative estimate of drug-likeness (QED) is 0.246. The third kappa shape index (κ3) is 4.71. The zero-order valence-electron chi connectivity index (χ0n) is 21.3. The second-order valence-corrected chi connectivity index (χ2v) is 11.1. The van der Waals surface area contributed by atoms with Crippen molar-refractivity contribution in [1.29, 1.82) is 0 Å². The second kappa shape index (κ2) is 10.4. The van der Waals surface area contributed by atoms with Crippen LogP contribution in [0.1, 0.15) is 29.2 Å². The summed E-state index contributed by atoms with van der Waals surface area (Å²) in [5.74, 6) is 0.343. The van der Waals surface area contributed by atoms with Crippen molar-refractivity contribution in [3.63, 3.8) is 0 Å². The summed E-state index contributed by atoms with van der Waals surface area (Å²) in [6, 6.07) is 25.0. The summed E-state index contributed by atoms with van der Waals surface area (Å²) < 4.78 is 50.2. The summed E-state index contributed by atoms with van der Waals surface area (Å²) in [6.07, 6.45) is 2.33. The molecule has 0 unspecified atom stereocenters. The number of fused-ring (bicyclic) bond motifs is 1. The van der Waals surface area contributed by atoms with E-state index in [-0.39, 0.29) is 18.0 Å². The molecular formula is C31H29FN2O3S. The van der Waals surface area contributed by atoms with E-state index >= 15 is 4.39 Å².